The van der Waals surface area contributed by atoms with Crippen molar-refractivity contribution >= 4 is 44.2 Å². The molecule has 0 aliphatic rings. The molecule has 0 saturated heterocycles. The van der Waals surface area contributed by atoms with Gasteiger partial charge in [-0.15, -0.1) is 11.3 Å². The Morgan fingerprint density at radius 1 is 0.881 bits per heavy atom. The summed E-state index contributed by atoms with van der Waals surface area (Å²) >= 11 is 1.51. The lowest BCUT2D eigenvalue weighted by Crippen LogP contribution is -2.10. The van der Waals surface area contributed by atoms with Crippen LogP contribution in [0.3, 0.4) is 0 Å². The number of aliphatic hydroxyl groups excluding tert-OH is 3. The van der Waals surface area contributed by atoms with Crippen LogP contribution in [-0.4, -0.2) is 40.6 Å². The first-order chi connectivity index (χ1) is 20.3. The van der Waals surface area contributed by atoms with Gasteiger partial charge in [-0.2, -0.15) is 0 Å². The highest BCUT2D eigenvalue weighted by molar-refractivity contribution is 7.19. The first-order valence-corrected chi connectivity index (χ1v) is 13.2. The number of non-ortho nitro benzene ring substituents is 1. The second-order valence-electron chi connectivity index (χ2n) is 8.72. The molecule has 0 aliphatic carbocycles. The molecule has 0 radical (unpaired) electrons. The van der Waals surface area contributed by atoms with E-state index in [2.05, 4.69) is 0 Å². The normalized spacial score (nSPS) is 10.7. The third-order valence-corrected chi connectivity index (χ3v) is 7.08. The lowest BCUT2D eigenvalue weighted by Gasteiger charge is -2.04. The SMILES string of the molecule is COc1cc(CO)cc2cc(CO)sc12.COc1cc(CO)cc2cc(COC(=O)Oc3ccc([N+](=O)[O-])cc3)oc12. The van der Waals surface area contributed by atoms with Crippen molar-refractivity contribution in [3.8, 4) is 17.2 Å². The maximum absolute atomic E-state index is 11.8. The van der Waals surface area contributed by atoms with Crippen molar-refractivity contribution < 1.29 is 48.4 Å². The van der Waals surface area contributed by atoms with Gasteiger partial charge < -0.3 is 38.7 Å². The fourth-order valence-electron chi connectivity index (χ4n) is 3.99. The summed E-state index contributed by atoms with van der Waals surface area (Å²) in [5, 5.41) is 39.7. The number of rotatable bonds is 9. The summed E-state index contributed by atoms with van der Waals surface area (Å²) in [5.41, 5.74) is 1.83. The molecule has 5 rings (SSSR count). The number of ether oxygens (including phenoxy) is 4. The van der Waals surface area contributed by atoms with E-state index in [4.69, 9.17) is 33.6 Å². The van der Waals surface area contributed by atoms with Crippen LogP contribution in [0.15, 0.2) is 65.1 Å². The number of nitro benzene ring substituents is 1. The lowest BCUT2D eigenvalue weighted by atomic mass is 10.1. The molecule has 0 aliphatic heterocycles. The Balaban J connectivity index is 0.000000227. The number of hydrogen-bond acceptors (Lipinski definition) is 12. The van der Waals surface area contributed by atoms with Crippen molar-refractivity contribution in [3.63, 3.8) is 0 Å². The first-order valence-electron chi connectivity index (χ1n) is 12.4. The van der Waals surface area contributed by atoms with Crippen LogP contribution in [0.1, 0.15) is 21.8 Å². The van der Waals surface area contributed by atoms with Crippen molar-refractivity contribution in [2.75, 3.05) is 14.2 Å². The van der Waals surface area contributed by atoms with Crippen molar-refractivity contribution in [1.29, 1.82) is 0 Å². The topological polar surface area (TPSA) is 171 Å². The number of nitro groups is 1. The Bertz CT molecular complexity index is 1690. The van der Waals surface area contributed by atoms with Crippen LogP contribution >= 0.6 is 11.3 Å². The summed E-state index contributed by atoms with van der Waals surface area (Å²) in [6.45, 7) is -0.295. The highest BCUT2D eigenvalue weighted by atomic mass is 32.1. The second-order valence-corrected chi connectivity index (χ2v) is 9.86. The van der Waals surface area contributed by atoms with Gasteiger partial charge >= 0.3 is 6.16 Å². The second kappa shape index (κ2) is 13.8. The van der Waals surface area contributed by atoms with E-state index < -0.39 is 11.1 Å². The molecule has 0 unspecified atom stereocenters. The first kappa shape index (κ1) is 30.3. The number of carbonyl (C=O) groups excluding carboxylic acids is 1. The van der Waals surface area contributed by atoms with Crippen molar-refractivity contribution in [3.05, 3.63) is 92.5 Å². The number of benzene rings is 3. The minimum absolute atomic E-state index is 0.00337. The fraction of sp³-hybridized carbons (Fsp3) is 0.207. The van der Waals surface area contributed by atoms with Crippen molar-refractivity contribution in [2.45, 2.75) is 26.4 Å². The number of aliphatic hydroxyl groups is 3. The molecule has 220 valence electrons. The lowest BCUT2D eigenvalue weighted by molar-refractivity contribution is -0.384. The van der Waals surface area contributed by atoms with Gasteiger partial charge in [-0.05, 0) is 65.0 Å². The van der Waals surface area contributed by atoms with Gasteiger partial charge in [0.25, 0.3) is 5.69 Å². The van der Waals surface area contributed by atoms with Gasteiger partial charge in [-0.25, -0.2) is 4.79 Å². The van der Waals surface area contributed by atoms with Gasteiger partial charge in [0, 0.05) is 22.4 Å². The largest absolute Gasteiger partial charge is 0.514 e. The molecule has 42 heavy (non-hydrogen) atoms. The number of methoxy groups -OCH3 is 2. The zero-order valence-corrected chi connectivity index (χ0v) is 23.4. The number of fused-ring (bicyclic) bond motifs is 2. The maximum atomic E-state index is 11.8. The highest BCUT2D eigenvalue weighted by Gasteiger charge is 2.14. The molecule has 3 aromatic carbocycles. The van der Waals surface area contributed by atoms with Gasteiger partial charge in [0.2, 0.25) is 0 Å². The van der Waals surface area contributed by atoms with E-state index in [1.54, 1.807) is 25.3 Å². The van der Waals surface area contributed by atoms with E-state index in [-0.39, 0.29) is 37.9 Å². The molecule has 0 amide bonds. The molecule has 0 fully saturated rings. The van der Waals surface area contributed by atoms with E-state index in [1.807, 2.05) is 18.2 Å². The third kappa shape index (κ3) is 7.14. The molecule has 13 heteroatoms. The zero-order chi connectivity index (χ0) is 30.2. The highest BCUT2D eigenvalue weighted by Crippen LogP contribution is 2.35. The molecule has 0 saturated carbocycles. The average Bonchev–Trinajstić information content (AvgIpc) is 3.63. The van der Waals surface area contributed by atoms with Gasteiger partial charge in [-0.3, -0.25) is 10.1 Å². The summed E-state index contributed by atoms with van der Waals surface area (Å²) in [6, 6.07) is 15.7. The summed E-state index contributed by atoms with van der Waals surface area (Å²) in [7, 11) is 3.09. The maximum Gasteiger partial charge on any atom is 0.514 e. The van der Waals surface area contributed by atoms with Crippen molar-refractivity contribution in [2.24, 2.45) is 0 Å². The molecule has 2 heterocycles. The molecule has 0 atom stereocenters. The van der Waals surface area contributed by atoms with Crippen LogP contribution in [-0.2, 0) is 31.2 Å². The Labute approximate surface area is 243 Å². The van der Waals surface area contributed by atoms with E-state index in [0.29, 0.717) is 28.0 Å². The van der Waals surface area contributed by atoms with Gasteiger partial charge in [0.05, 0.1) is 43.7 Å². The predicted molar refractivity (Wildman–Crippen MR) is 153 cm³/mol. The quantitative estimate of drug-likeness (QED) is 0.0854. The summed E-state index contributed by atoms with van der Waals surface area (Å²) in [6.07, 6.45) is -0.979. The van der Waals surface area contributed by atoms with Gasteiger partial charge in [-0.1, -0.05) is 0 Å². The standard InChI is InChI=1S/C18H15NO8.C11H12O3S/c1-24-16-7-11(9-20)6-12-8-15(26-17(12)16)10-25-18(21)27-14-4-2-13(3-5-14)19(22)23;1-14-10-3-7(5-12)2-8-4-9(6-13)15-11(8)10/h2-8,20H,9-10H2,1H3;2-4,12-13H,5-6H2,1H3. The van der Waals surface area contributed by atoms with Crippen LogP contribution in [0.2, 0.25) is 0 Å². The number of carbonyl (C=O) groups is 1. The Morgan fingerprint density at radius 2 is 1.52 bits per heavy atom. The molecule has 5 aromatic rings. The molecular weight excluding hydrogens is 570 g/mol. The number of nitrogens with zero attached hydrogens (tertiary/aromatic N) is 1. The molecule has 12 nitrogen and oxygen atoms in total. The number of furan rings is 1. The van der Waals surface area contributed by atoms with Crippen molar-refractivity contribution in [1.82, 2.24) is 0 Å². The molecule has 3 N–H and O–H groups in total. The molecule has 0 spiro atoms. The predicted octanol–water partition coefficient (Wildman–Crippen LogP) is 5.45. The summed E-state index contributed by atoms with van der Waals surface area (Å²) < 4.78 is 27.0. The minimum atomic E-state index is -0.979. The van der Waals surface area contributed by atoms with Crippen LogP contribution in [0, 0.1) is 10.1 Å². The van der Waals surface area contributed by atoms with E-state index in [1.165, 1.54) is 42.7 Å². The smallest absolute Gasteiger partial charge is 0.495 e. The van der Waals surface area contributed by atoms with Crippen LogP contribution in [0.4, 0.5) is 10.5 Å². The van der Waals surface area contributed by atoms with Crippen LogP contribution < -0.4 is 14.2 Å². The number of thiophene rings is 1. The van der Waals surface area contributed by atoms with Gasteiger partial charge in [0.1, 0.15) is 17.3 Å². The molecule has 0 bridgehead atoms. The molecule has 2 aromatic heterocycles. The van der Waals surface area contributed by atoms with Crippen LogP contribution in [0.5, 0.6) is 17.2 Å². The van der Waals surface area contributed by atoms with E-state index in [9.17, 15) is 20.0 Å². The Kier molecular flexibility index (Phi) is 9.93. The van der Waals surface area contributed by atoms with Crippen LogP contribution in [0.25, 0.3) is 21.1 Å². The average molecular weight is 598 g/mol. The summed E-state index contributed by atoms with van der Waals surface area (Å²) in [5.74, 6) is 1.68. The van der Waals surface area contributed by atoms with E-state index in [0.717, 1.165) is 26.3 Å². The Morgan fingerprint density at radius 3 is 2.12 bits per heavy atom. The molecular formula is C29H27NO11S. The summed E-state index contributed by atoms with van der Waals surface area (Å²) in [4.78, 5) is 22.7. The fourth-order valence-corrected chi connectivity index (χ4v) is 4.98. The van der Waals surface area contributed by atoms with Gasteiger partial charge in [0.15, 0.2) is 17.9 Å². The zero-order valence-electron chi connectivity index (χ0n) is 22.6. The Hall–Kier alpha value is -4.69. The van der Waals surface area contributed by atoms with E-state index >= 15 is 0 Å². The monoisotopic (exact) mass is 597 g/mol. The third-order valence-electron chi connectivity index (χ3n) is 5.93. The minimum Gasteiger partial charge on any atom is -0.495 e. The number of hydrogen-bond donors (Lipinski definition) is 3.